The summed E-state index contributed by atoms with van der Waals surface area (Å²) in [7, 11) is 0. The number of hydrogen-bond acceptors (Lipinski definition) is 4. The second-order valence-corrected chi connectivity index (χ2v) is 6.97. The largest absolute Gasteiger partial charge is 0.316 e. The fourth-order valence-corrected chi connectivity index (χ4v) is 3.95. The molecule has 4 nitrogen and oxygen atoms in total. The quantitative estimate of drug-likeness (QED) is 0.874. The maximum atomic E-state index is 12.4. The summed E-state index contributed by atoms with van der Waals surface area (Å²) in [6.45, 7) is 3.83. The van der Waals surface area contributed by atoms with Crippen molar-refractivity contribution >= 4 is 22.4 Å². The molecule has 19 heavy (non-hydrogen) atoms. The van der Waals surface area contributed by atoms with Crippen molar-refractivity contribution in [2.75, 3.05) is 18.4 Å². The molecule has 0 bridgehead atoms. The van der Waals surface area contributed by atoms with Crippen LogP contribution in [0.15, 0.2) is 0 Å². The average molecular weight is 279 g/mol. The van der Waals surface area contributed by atoms with Crippen LogP contribution in [0.4, 0.5) is 5.13 Å². The third-order valence-corrected chi connectivity index (χ3v) is 5.28. The van der Waals surface area contributed by atoms with Gasteiger partial charge in [-0.2, -0.15) is 0 Å². The van der Waals surface area contributed by atoms with Gasteiger partial charge in [0.15, 0.2) is 5.13 Å². The van der Waals surface area contributed by atoms with E-state index in [0.29, 0.717) is 0 Å². The maximum Gasteiger partial charge on any atom is 0.233 e. The minimum absolute atomic E-state index is 0.116. The van der Waals surface area contributed by atoms with Gasteiger partial charge in [-0.15, -0.1) is 11.3 Å². The molecule has 1 aliphatic heterocycles. The number of carbonyl (C=O) groups is 1. The first kappa shape index (κ1) is 13.1. The lowest BCUT2D eigenvalue weighted by atomic mass is 9.82. The number of thiazole rings is 1. The van der Waals surface area contributed by atoms with Gasteiger partial charge in [0.2, 0.25) is 5.91 Å². The summed E-state index contributed by atoms with van der Waals surface area (Å²) in [5.41, 5.74) is 0.920. The van der Waals surface area contributed by atoms with E-state index in [-0.39, 0.29) is 11.3 Å². The Morgan fingerprint density at radius 2 is 2.21 bits per heavy atom. The summed E-state index contributed by atoms with van der Waals surface area (Å²) in [5.74, 6) is 0.116. The van der Waals surface area contributed by atoms with Crippen LogP contribution in [-0.4, -0.2) is 24.0 Å². The zero-order valence-electron chi connectivity index (χ0n) is 11.4. The molecule has 1 fully saturated rings. The molecule has 1 atom stereocenters. The molecule has 5 heteroatoms. The first-order valence-corrected chi connectivity index (χ1v) is 8.00. The van der Waals surface area contributed by atoms with E-state index in [9.17, 15) is 4.79 Å². The molecule has 2 aliphatic rings. The third kappa shape index (κ3) is 2.67. The van der Waals surface area contributed by atoms with E-state index in [2.05, 4.69) is 15.6 Å². The SMILES string of the molecule is CC1(C(=O)Nc2nc3c(s2)CCCC3)CCCNC1. The van der Waals surface area contributed by atoms with E-state index in [1.165, 1.54) is 23.4 Å². The number of anilines is 1. The lowest BCUT2D eigenvalue weighted by Gasteiger charge is -2.32. The Morgan fingerprint density at radius 3 is 2.95 bits per heavy atom. The summed E-state index contributed by atoms with van der Waals surface area (Å²) in [6, 6.07) is 0. The van der Waals surface area contributed by atoms with Gasteiger partial charge < -0.3 is 10.6 Å². The lowest BCUT2D eigenvalue weighted by Crippen LogP contribution is -2.46. The van der Waals surface area contributed by atoms with E-state index in [1.807, 2.05) is 6.92 Å². The van der Waals surface area contributed by atoms with Crippen LogP contribution in [0.1, 0.15) is 43.2 Å². The summed E-state index contributed by atoms with van der Waals surface area (Å²) in [5, 5.41) is 7.15. The second-order valence-electron chi connectivity index (χ2n) is 5.89. The number of nitrogens with one attached hydrogen (secondary N) is 2. The van der Waals surface area contributed by atoms with Crippen LogP contribution in [0.25, 0.3) is 0 Å². The molecule has 1 amide bonds. The van der Waals surface area contributed by atoms with Crippen LogP contribution in [0.3, 0.4) is 0 Å². The summed E-state index contributed by atoms with van der Waals surface area (Å²) in [4.78, 5) is 18.4. The Morgan fingerprint density at radius 1 is 1.37 bits per heavy atom. The van der Waals surface area contributed by atoms with E-state index < -0.39 is 0 Å². The molecular weight excluding hydrogens is 258 g/mol. The highest BCUT2D eigenvalue weighted by molar-refractivity contribution is 7.15. The highest BCUT2D eigenvalue weighted by atomic mass is 32.1. The van der Waals surface area contributed by atoms with Gasteiger partial charge in [-0.3, -0.25) is 4.79 Å². The van der Waals surface area contributed by atoms with Crippen LogP contribution in [0.2, 0.25) is 0 Å². The standard InChI is InChI=1S/C14H21N3OS/c1-14(7-4-8-15-9-14)12(18)17-13-16-10-5-2-3-6-11(10)19-13/h15H,2-9H2,1H3,(H,16,17,18). The fraction of sp³-hybridized carbons (Fsp3) is 0.714. The molecule has 104 valence electrons. The van der Waals surface area contributed by atoms with E-state index in [4.69, 9.17) is 0 Å². The number of nitrogens with zero attached hydrogens (tertiary/aromatic N) is 1. The minimum atomic E-state index is -0.287. The molecule has 0 saturated carbocycles. The van der Waals surface area contributed by atoms with Gasteiger partial charge in [-0.25, -0.2) is 4.98 Å². The van der Waals surface area contributed by atoms with Gasteiger partial charge in [0.1, 0.15) is 0 Å². The van der Waals surface area contributed by atoms with Crippen LogP contribution in [0, 0.1) is 5.41 Å². The van der Waals surface area contributed by atoms with Crippen LogP contribution < -0.4 is 10.6 Å². The summed E-state index contributed by atoms with van der Waals surface area (Å²) in [6.07, 6.45) is 6.70. The molecule has 0 aromatic carbocycles. The molecule has 1 aromatic rings. The van der Waals surface area contributed by atoms with Crippen molar-refractivity contribution in [2.24, 2.45) is 5.41 Å². The predicted molar refractivity (Wildman–Crippen MR) is 77.6 cm³/mol. The van der Waals surface area contributed by atoms with Gasteiger partial charge in [-0.05, 0) is 52.0 Å². The zero-order valence-corrected chi connectivity index (χ0v) is 12.2. The van der Waals surface area contributed by atoms with E-state index in [0.717, 1.165) is 43.9 Å². The van der Waals surface area contributed by atoms with Gasteiger partial charge in [0, 0.05) is 11.4 Å². The number of piperidine rings is 1. The van der Waals surface area contributed by atoms with Gasteiger partial charge in [-0.1, -0.05) is 0 Å². The molecule has 1 unspecified atom stereocenters. The van der Waals surface area contributed by atoms with Crippen LogP contribution in [0.5, 0.6) is 0 Å². The lowest BCUT2D eigenvalue weighted by molar-refractivity contribution is -0.125. The smallest absolute Gasteiger partial charge is 0.233 e. The summed E-state index contributed by atoms with van der Waals surface area (Å²) >= 11 is 1.66. The van der Waals surface area contributed by atoms with Gasteiger partial charge >= 0.3 is 0 Å². The second kappa shape index (κ2) is 5.21. The Kier molecular flexibility index (Phi) is 3.58. The first-order valence-electron chi connectivity index (χ1n) is 7.18. The number of hydrogen-bond donors (Lipinski definition) is 2. The van der Waals surface area contributed by atoms with Gasteiger partial charge in [0.05, 0.1) is 11.1 Å². The topological polar surface area (TPSA) is 54.0 Å². The molecule has 0 spiro atoms. The van der Waals surface area contributed by atoms with E-state index in [1.54, 1.807) is 11.3 Å². The number of aryl methyl sites for hydroxylation is 2. The first-order chi connectivity index (χ1) is 9.17. The van der Waals surface area contributed by atoms with Crippen molar-refractivity contribution in [1.82, 2.24) is 10.3 Å². The fourth-order valence-electron chi connectivity index (χ4n) is 2.90. The zero-order chi connectivity index (χ0) is 13.3. The van der Waals surface area contributed by atoms with Crippen LogP contribution >= 0.6 is 11.3 Å². The number of rotatable bonds is 2. The Bertz CT molecular complexity index is 454. The molecule has 1 saturated heterocycles. The van der Waals surface area contributed by atoms with Crippen molar-refractivity contribution in [1.29, 1.82) is 0 Å². The van der Waals surface area contributed by atoms with Crippen molar-refractivity contribution in [3.05, 3.63) is 10.6 Å². The number of aromatic nitrogens is 1. The van der Waals surface area contributed by atoms with Crippen molar-refractivity contribution in [2.45, 2.75) is 45.4 Å². The Balaban J connectivity index is 1.70. The highest BCUT2D eigenvalue weighted by Crippen LogP contribution is 2.32. The van der Waals surface area contributed by atoms with Crippen LogP contribution in [-0.2, 0) is 17.6 Å². The predicted octanol–water partition coefficient (Wildman–Crippen LogP) is 2.35. The number of fused-ring (bicyclic) bond motifs is 1. The third-order valence-electron chi connectivity index (χ3n) is 4.21. The monoisotopic (exact) mass is 279 g/mol. The summed E-state index contributed by atoms with van der Waals surface area (Å²) < 4.78 is 0. The van der Waals surface area contributed by atoms with Gasteiger partial charge in [0.25, 0.3) is 0 Å². The van der Waals surface area contributed by atoms with Crippen molar-refractivity contribution < 1.29 is 4.79 Å². The Labute approximate surface area is 118 Å². The minimum Gasteiger partial charge on any atom is -0.316 e. The normalized spacial score (nSPS) is 26.8. The van der Waals surface area contributed by atoms with E-state index >= 15 is 0 Å². The van der Waals surface area contributed by atoms with Crippen molar-refractivity contribution in [3.63, 3.8) is 0 Å². The molecule has 2 N–H and O–H groups in total. The maximum absolute atomic E-state index is 12.4. The van der Waals surface area contributed by atoms with Crippen molar-refractivity contribution in [3.8, 4) is 0 Å². The molecular formula is C14H21N3OS. The average Bonchev–Trinajstić information content (AvgIpc) is 2.81. The Hall–Kier alpha value is -0.940. The number of amides is 1. The molecule has 1 aliphatic carbocycles. The molecule has 3 rings (SSSR count). The number of carbonyl (C=O) groups excluding carboxylic acids is 1. The molecule has 2 heterocycles. The molecule has 1 aromatic heterocycles. The highest BCUT2D eigenvalue weighted by Gasteiger charge is 2.35. The molecule has 0 radical (unpaired) electrons.